The molecule has 2 aliphatic rings. The molecule has 0 saturated carbocycles. The van der Waals surface area contributed by atoms with Crippen LogP contribution >= 0.6 is 0 Å². The Morgan fingerprint density at radius 3 is 2.63 bits per heavy atom. The molecule has 3 aromatic rings. The maximum Gasteiger partial charge on any atom is 0.410 e. The second-order valence-corrected chi connectivity index (χ2v) is 10.1. The van der Waals surface area contributed by atoms with E-state index in [0.29, 0.717) is 25.2 Å². The van der Waals surface area contributed by atoms with Crippen molar-refractivity contribution in [3.63, 3.8) is 0 Å². The highest BCUT2D eigenvalue weighted by molar-refractivity contribution is 6.01. The third kappa shape index (κ3) is 4.02. The minimum atomic E-state index is -0.983. The van der Waals surface area contributed by atoms with Crippen molar-refractivity contribution in [3.05, 3.63) is 65.3 Å². The van der Waals surface area contributed by atoms with Crippen molar-refractivity contribution in [2.45, 2.75) is 39.2 Å². The fourth-order valence-corrected chi connectivity index (χ4v) is 4.89. The highest BCUT2D eigenvalue weighted by Gasteiger charge is 2.53. The molecule has 1 aliphatic carbocycles. The molecule has 5 rings (SSSR count). The Kier molecular flexibility index (Phi) is 5.34. The van der Waals surface area contributed by atoms with Gasteiger partial charge in [0.1, 0.15) is 18.5 Å². The fourth-order valence-electron chi connectivity index (χ4n) is 4.89. The SMILES string of the molecule is C[n+]1nc[nH]c1C(=O)[C@]12Cc3cnn(-c4ccc(F)cc4)c3C=C1CCN(C(=O)OC(C)(C)C)C2. The predicted molar refractivity (Wildman–Crippen MR) is 124 cm³/mol. The van der Waals surface area contributed by atoms with E-state index in [9.17, 15) is 14.0 Å². The van der Waals surface area contributed by atoms with Crippen LogP contribution in [0.3, 0.4) is 0 Å². The van der Waals surface area contributed by atoms with Gasteiger partial charge in [-0.1, -0.05) is 0 Å². The molecule has 1 saturated heterocycles. The molecule has 0 spiro atoms. The number of piperidine rings is 1. The van der Waals surface area contributed by atoms with Crippen molar-refractivity contribution in [1.82, 2.24) is 24.8 Å². The third-order valence-corrected chi connectivity index (χ3v) is 6.54. The Hall–Kier alpha value is -3.82. The summed E-state index contributed by atoms with van der Waals surface area (Å²) in [7, 11) is 1.71. The Morgan fingerprint density at radius 1 is 1.23 bits per heavy atom. The summed E-state index contributed by atoms with van der Waals surface area (Å²) < 4.78 is 22.4. The second kappa shape index (κ2) is 8.14. The average molecular weight is 480 g/mol. The number of carbonyl (C=O) groups excluding carboxylic acids is 2. The van der Waals surface area contributed by atoms with Gasteiger partial charge >= 0.3 is 11.9 Å². The number of halogens is 1. The number of carbonyl (C=O) groups is 2. The number of hydrogen-bond acceptors (Lipinski definition) is 5. The molecular formula is C25H28FN6O3+. The summed E-state index contributed by atoms with van der Waals surface area (Å²) in [6, 6.07) is 6.13. The zero-order valence-corrected chi connectivity index (χ0v) is 20.2. The van der Waals surface area contributed by atoms with E-state index in [1.54, 1.807) is 35.0 Å². The molecule has 3 heterocycles. The molecule has 1 N–H and O–H groups in total. The van der Waals surface area contributed by atoms with Crippen LogP contribution in [0.5, 0.6) is 0 Å². The Bertz CT molecular complexity index is 1330. The van der Waals surface area contributed by atoms with E-state index < -0.39 is 17.1 Å². The number of ether oxygens (including phenoxy) is 1. The Labute approximate surface area is 202 Å². The number of nitrogens with one attached hydrogen (secondary N) is 1. The zero-order valence-electron chi connectivity index (χ0n) is 20.2. The maximum atomic E-state index is 14.0. The Morgan fingerprint density at radius 2 is 1.97 bits per heavy atom. The second-order valence-electron chi connectivity index (χ2n) is 10.1. The van der Waals surface area contributed by atoms with Crippen molar-refractivity contribution in [2.75, 3.05) is 13.1 Å². The van der Waals surface area contributed by atoms with Gasteiger partial charge in [0.15, 0.2) is 0 Å². The first-order chi connectivity index (χ1) is 16.6. The van der Waals surface area contributed by atoms with Crippen molar-refractivity contribution >= 4 is 18.0 Å². The van der Waals surface area contributed by atoms with Crippen molar-refractivity contribution < 1.29 is 23.4 Å². The number of aromatic amines is 1. The minimum Gasteiger partial charge on any atom is -0.444 e. The lowest BCUT2D eigenvalue weighted by molar-refractivity contribution is -0.729. The van der Waals surface area contributed by atoms with E-state index in [0.717, 1.165) is 22.5 Å². The number of fused-ring (bicyclic) bond motifs is 2. The molecule has 9 nitrogen and oxygen atoms in total. The molecule has 182 valence electrons. The van der Waals surface area contributed by atoms with Crippen LogP contribution in [-0.4, -0.2) is 55.3 Å². The van der Waals surface area contributed by atoms with Gasteiger partial charge < -0.3 is 9.64 Å². The standard InChI is InChI=1S/C25H27FN6O3/c1-24(2,3)35-23(34)31-10-9-17-11-20-16(13-28-32(20)19-7-5-18(26)6-8-19)12-25(17,14-31)21(33)22-27-15-29-30(22)4/h5-8,11,13,15H,9-10,12,14H2,1-4H3/p+1/t25-/m0/s1. The summed E-state index contributed by atoms with van der Waals surface area (Å²) in [4.78, 5) is 31.6. The van der Waals surface area contributed by atoms with Gasteiger partial charge in [0.2, 0.25) is 6.33 Å². The van der Waals surface area contributed by atoms with Crippen LogP contribution in [0.15, 0.2) is 42.4 Å². The molecule has 1 aliphatic heterocycles. The summed E-state index contributed by atoms with van der Waals surface area (Å²) in [6.45, 7) is 6.09. The topological polar surface area (TPSA) is 97.0 Å². The number of H-pyrrole nitrogens is 1. The van der Waals surface area contributed by atoms with Gasteiger partial charge in [-0.15, -0.1) is 4.68 Å². The van der Waals surface area contributed by atoms with Gasteiger partial charge in [-0.25, -0.2) is 18.9 Å². The zero-order chi connectivity index (χ0) is 25.0. The third-order valence-electron chi connectivity index (χ3n) is 6.54. The minimum absolute atomic E-state index is 0.141. The lowest BCUT2D eigenvalue weighted by atomic mass is 9.65. The molecule has 1 amide bonds. The molecule has 35 heavy (non-hydrogen) atoms. The fraction of sp³-hybridized carbons (Fsp3) is 0.400. The normalized spacial score (nSPS) is 19.6. The van der Waals surface area contributed by atoms with Gasteiger partial charge in [-0.05, 0) is 80.2 Å². The highest BCUT2D eigenvalue weighted by Crippen LogP contribution is 2.46. The lowest BCUT2D eigenvalue weighted by Gasteiger charge is -2.44. The first kappa shape index (κ1) is 22.9. The number of ketones is 1. The van der Waals surface area contributed by atoms with Gasteiger partial charge in [-0.3, -0.25) is 4.79 Å². The Balaban J connectivity index is 1.57. The van der Waals surface area contributed by atoms with E-state index in [1.807, 2.05) is 26.8 Å². The van der Waals surface area contributed by atoms with Crippen LogP contribution in [0, 0.1) is 11.2 Å². The van der Waals surface area contributed by atoms with Crippen molar-refractivity contribution in [3.8, 4) is 5.69 Å². The van der Waals surface area contributed by atoms with E-state index in [1.165, 1.54) is 23.1 Å². The average Bonchev–Trinajstić information content (AvgIpc) is 3.41. The van der Waals surface area contributed by atoms with E-state index in [2.05, 4.69) is 15.2 Å². The first-order valence-corrected chi connectivity index (χ1v) is 11.5. The molecule has 0 bridgehead atoms. The number of likely N-dealkylation sites (tertiary alicyclic amines) is 1. The van der Waals surface area contributed by atoms with Gasteiger partial charge in [0.05, 0.1) is 23.0 Å². The molecule has 1 atom stereocenters. The largest absolute Gasteiger partial charge is 0.444 e. The molecule has 0 unspecified atom stereocenters. The molecule has 0 radical (unpaired) electrons. The number of Topliss-reactive ketones (excluding diaryl/α,β-unsaturated/α-hetero) is 1. The summed E-state index contributed by atoms with van der Waals surface area (Å²) in [6.07, 6.45) is 5.65. The summed E-state index contributed by atoms with van der Waals surface area (Å²) in [5.41, 5.74) is 1.76. The van der Waals surface area contributed by atoms with Crippen LogP contribution in [-0.2, 0) is 18.2 Å². The smallest absolute Gasteiger partial charge is 0.410 e. The number of aryl methyl sites for hydroxylation is 1. The predicted octanol–water partition coefficient (Wildman–Crippen LogP) is 3.01. The van der Waals surface area contributed by atoms with E-state index in [4.69, 9.17) is 4.74 Å². The summed E-state index contributed by atoms with van der Waals surface area (Å²) >= 11 is 0. The quantitative estimate of drug-likeness (QED) is 0.460. The van der Waals surface area contributed by atoms with Gasteiger partial charge in [-0.2, -0.15) is 5.10 Å². The lowest BCUT2D eigenvalue weighted by Crippen LogP contribution is -2.56. The van der Waals surface area contributed by atoms with Gasteiger partial charge in [0.25, 0.3) is 5.78 Å². The maximum absolute atomic E-state index is 14.0. The van der Waals surface area contributed by atoms with Crippen molar-refractivity contribution in [2.24, 2.45) is 12.5 Å². The first-order valence-electron chi connectivity index (χ1n) is 11.5. The van der Waals surface area contributed by atoms with Crippen LogP contribution < -0.4 is 4.68 Å². The molecule has 2 aromatic heterocycles. The van der Waals surface area contributed by atoms with Crippen LogP contribution in [0.2, 0.25) is 0 Å². The number of rotatable bonds is 3. The van der Waals surface area contributed by atoms with Gasteiger partial charge in [0, 0.05) is 13.1 Å². The number of benzene rings is 1. The molecule has 1 aromatic carbocycles. The summed E-state index contributed by atoms with van der Waals surface area (Å²) in [5, 5.41) is 8.67. The molecular weight excluding hydrogens is 451 g/mol. The molecule has 1 fully saturated rings. The number of hydrogen-bond donors (Lipinski definition) is 1. The van der Waals surface area contributed by atoms with Crippen LogP contribution in [0.4, 0.5) is 9.18 Å². The van der Waals surface area contributed by atoms with Crippen LogP contribution in [0.25, 0.3) is 11.8 Å². The van der Waals surface area contributed by atoms with Crippen molar-refractivity contribution in [1.29, 1.82) is 0 Å². The number of amides is 1. The van der Waals surface area contributed by atoms with E-state index in [-0.39, 0.29) is 18.1 Å². The van der Waals surface area contributed by atoms with E-state index >= 15 is 0 Å². The highest BCUT2D eigenvalue weighted by atomic mass is 19.1. The summed E-state index contributed by atoms with van der Waals surface area (Å²) in [5.74, 6) is -0.104. The molecule has 10 heteroatoms. The monoisotopic (exact) mass is 479 g/mol. The number of aromatic nitrogens is 5. The van der Waals surface area contributed by atoms with Crippen LogP contribution in [0.1, 0.15) is 49.1 Å². The number of nitrogens with zero attached hydrogens (tertiary/aromatic N) is 5.